The van der Waals surface area contributed by atoms with Crippen LogP contribution in [0.3, 0.4) is 0 Å². The smallest absolute Gasteiger partial charge is 0.220 e. The van der Waals surface area contributed by atoms with Gasteiger partial charge in [0.2, 0.25) is 5.91 Å². The summed E-state index contributed by atoms with van der Waals surface area (Å²) in [6, 6.07) is 7.62. The zero-order valence-electron chi connectivity index (χ0n) is 10.9. The van der Waals surface area contributed by atoms with Crippen molar-refractivity contribution in [2.75, 3.05) is 0 Å². The summed E-state index contributed by atoms with van der Waals surface area (Å²) in [5.41, 5.74) is 7.41. The third kappa shape index (κ3) is 5.27. The highest BCUT2D eigenvalue weighted by atomic mass is 32.1. The first-order valence-electron chi connectivity index (χ1n) is 6.14. The Kier molecular flexibility index (Phi) is 5.78. The summed E-state index contributed by atoms with van der Waals surface area (Å²) in [6.45, 7) is 4.74. The molecule has 0 radical (unpaired) electrons. The lowest BCUT2D eigenvalue weighted by molar-refractivity contribution is -0.121. The molecular formula is C14H20N2OS. The average Bonchev–Trinajstić information content (AvgIpc) is 2.34. The number of carbonyl (C=O) groups excluding carboxylic acids is 1. The first-order valence-corrected chi connectivity index (χ1v) is 6.55. The highest BCUT2D eigenvalue weighted by Gasteiger charge is 2.04. The van der Waals surface area contributed by atoms with Crippen LogP contribution in [0.5, 0.6) is 0 Å². The maximum Gasteiger partial charge on any atom is 0.220 e. The molecule has 0 aliphatic carbocycles. The Balaban J connectivity index is 2.46. The van der Waals surface area contributed by atoms with Gasteiger partial charge in [-0.15, -0.1) is 0 Å². The van der Waals surface area contributed by atoms with E-state index in [1.165, 1.54) is 0 Å². The molecule has 0 aromatic heterocycles. The molecule has 0 saturated heterocycles. The van der Waals surface area contributed by atoms with Gasteiger partial charge in [-0.1, -0.05) is 44.3 Å². The van der Waals surface area contributed by atoms with Crippen LogP contribution in [0.25, 0.3) is 0 Å². The molecule has 1 rings (SSSR count). The lowest BCUT2D eigenvalue weighted by Crippen LogP contribution is -2.23. The maximum atomic E-state index is 11.6. The lowest BCUT2D eigenvalue weighted by atomic mass is 10.1. The predicted octanol–water partition coefficient (Wildman–Crippen LogP) is 2.37. The van der Waals surface area contributed by atoms with Crippen LogP contribution >= 0.6 is 12.2 Å². The van der Waals surface area contributed by atoms with E-state index in [4.69, 9.17) is 18.0 Å². The molecule has 0 saturated carbocycles. The number of nitrogens with two attached hydrogens (primary N) is 1. The highest BCUT2D eigenvalue weighted by molar-refractivity contribution is 7.80. The Morgan fingerprint density at radius 3 is 2.78 bits per heavy atom. The Morgan fingerprint density at radius 1 is 1.44 bits per heavy atom. The molecule has 0 unspecified atom stereocenters. The summed E-state index contributed by atoms with van der Waals surface area (Å²) >= 11 is 4.92. The van der Waals surface area contributed by atoms with Gasteiger partial charge in [0.05, 0.1) is 0 Å². The van der Waals surface area contributed by atoms with Crippen molar-refractivity contribution in [1.29, 1.82) is 0 Å². The molecule has 1 aromatic rings. The monoisotopic (exact) mass is 264 g/mol. The quantitative estimate of drug-likeness (QED) is 0.776. The van der Waals surface area contributed by atoms with Gasteiger partial charge in [-0.3, -0.25) is 4.79 Å². The van der Waals surface area contributed by atoms with Crippen molar-refractivity contribution in [3.63, 3.8) is 0 Å². The van der Waals surface area contributed by atoms with Gasteiger partial charge in [0.15, 0.2) is 0 Å². The minimum atomic E-state index is 0.0874. The molecule has 1 amide bonds. The van der Waals surface area contributed by atoms with Gasteiger partial charge < -0.3 is 11.1 Å². The van der Waals surface area contributed by atoms with Crippen LogP contribution in [0.15, 0.2) is 24.3 Å². The van der Waals surface area contributed by atoms with Crippen molar-refractivity contribution >= 4 is 23.1 Å². The van der Waals surface area contributed by atoms with E-state index in [1.807, 2.05) is 24.3 Å². The molecular weight excluding hydrogens is 244 g/mol. The normalized spacial score (nSPS) is 10.4. The van der Waals surface area contributed by atoms with Crippen molar-refractivity contribution in [3.8, 4) is 0 Å². The van der Waals surface area contributed by atoms with Crippen LogP contribution in [0, 0.1) is 5.92 Å². The number of hydrogen-bond donors (Lipinski definition) is 2. The minimum Gasteiger partial charge on any atom is -0.389 e. The van der Waals surface area contributed by atoms with E-state index in [1.54, 1.807) is 0 Å². The second-order valence-electron chi connectivity index (χ2n) is 4.77. The van der Waals surface area contributed by atoms with Crippen LogP contribution < -0.4 is 11.1 Å². The molecule has 1 aromatic carbocycles. The fourth-order valence-corrected chi connectivity index (χ4v) is 1.67. The van der Waals surface area contributed by atoms with Crippen molar-refractivity contribution in [1.82, 2.24) is 5.32 Å². The van der Waals surface area contributed by atoms with E-state index in [2.05, 4.69) is 19.2 Å². The number of nitrogens with one attached hydrogen (secondary N) is 1. The second-order valence-corrected chi connectivity index (χ2v) is 5.21. The largest absolute Gasteiger partial charge is 0.389 e. The van der Waals surface area contributed by atoms with Gasteiger partial charge in [-0.05, 0) is 24.0 Å². The number of benzene rings is 1. The van der Waals surface area contributed by atoms with E-state index >= 15 is 0 Å². The molecule has 4 heteroatoms. The molecule has 0 bridgehead atoms. The van der Waals surface area contributed by atoms with Gasteiger partial charge >= 0.3 is 0 Å². The summed E-state index contributed by atoms with van der Waals surface area (Å²) < 4.78 is 0. The van der Waals surface area contributed by atoms with Gasteiger partial charge in [-0.2, -0.15) is 0 Å². The topological polar surface area (TPSA) is 55.1 Å². The van der Waals surface area contributed by atoms with Crippen molar-refractivity contribution in [2.24, 2.45) is 11.7 Å². The standard InChI is InChI=1S/C14H20N2OS/c1-10(2)6-7-13(17)16-9-11-4-3-5-12(8-11)14(15)18/h3-5,8,10H,6-7,9H2,1-2H3,(H2,15,18)(H,16,17). The van der Waals surface area contributed by atoms with Crippen molar-refractivity contribution in [3.05, 3.63) is 35.4 Å². The Bertz CT molecular complexity index is 430. The van der Waals surface area contributed by atoms with Crippen molar-refractivity contribution in [2.45, 2.75) is 33.2 Å². The highest BCUT2D eigenvalue weighted by Crippen LogP contribution is 2.06. The lowest BCUT2D eigenvalue weighted by Gasteiger charge is -2.08. The third-order valence-corrected chi connectivity index (χ3v) is 2.89. The second kappa shape index (κ2) is 7.11. The maximum absolute atomic E-state index is 11.6. The summed E-state index contributed by atoms with van der Waals surface area (Å²) in [6.07, 6.45) is 1.49. The molecule has 0 heterocycles. The molecule has 0 atom stereocenters. The van der Waals surface area contributed by atoms with E-state index < -0.39 is 0 Å². The van der Waals surface area contributed by atoms with Crippen LogP contribution in [-0.4, -0.2) is 10.9 Å². The Hall–Kier alpha value is -1.42. The summed E-state index contributed by atoms with van der Waals surface area (Å²) in [5, 5.41) is 2.90. The molecule has 3 N–H and O–H groups in total. The van der Waals surface area contributed by atoms with E-state index in [-0.39, 0.29) is 5.91 Å². The number of hydrogen-bond acceptors (Lipinski definition) is 2. The number of carbonyl (C=O) groups is 1. The van der Waals surface area contributed by atoms with E-state index in [9.17, 15) is 4.79 Å². The third-order valence-electron chi connectivity index (χ3n) is 2.65. The van der Waals surface area contributed by atoms with E-state index in [0.29, 0.717) is 23.9 Å². The first-order chi connectivity index (χ1) is 8.49. The van der Waals surface area contributed by atoms with Crippen LogP contribution in [0.2, 0.25) is 0 Å². The fourth-order valence-electron chi connectivity index (χ4n) is 1.54. The first kappa shape index (κ1) is 14.6. The van der Waals surface area contributed by atoms with Crippen molar-refractivity contribution < 1.29 is 4.79 Å². The number of rotatable bonds is 6. The van der Waals surface area contributed by atoms with Crippen LogP contribution in [0.1, 0.15) is 37.8 Å². The molecule has 0 aliphatic rings. The van der Waals surface area contributed by atoms with Gasteiger partial charge in [0.1, 0.15) is 4.99 Å². The summed E-state index contributed by atoms with van der Waals surface area (Å²) in [7, 11) is 0. The zero-order valence-corrected chi connectivity index (χ0v) is 11.7. The number of amides is 1. The molecule has 0 aliphatic heterocycles. The van der Waals surface area contributed by atoms with E-state index in [0.717, 1.165) is 17.5 Å². The molecule has 98 valence electrons. The number of thiocarbonyl (C=S) groups is 1. The predicted molar refractivity (Wildman–Crippen MR) is 78.2 cm³/mol. The zero-order chi connectivity index (χ0) is 13.5. The summed E-state index contributed by atoms with van der Waals surface area (Å²) in [5.74, 6) is 0.637. The Labute approximate surface area is 114 Å². The average molecular weight is 264 g/mol. The summed E-state index contributed by atoms with van der Waals surface area (Å²) in [4.78, 5) is 12.0. The molecule has 0 spiro atoms. The van der Waals surface area contributed by atoms with Gasteiger partial charge in [0, 0.05) is 18.5 Å². The van der Waals surface area contributed by atoms with Crippen LogP contribution in [-0.2, 0) is 11.3 Å². The van der Waals surface area contributed by atoms with Gasteiger partial charge in [0.25, 0.3) is 0 Å². The van der Waals surface area contributed by atoms with Gasteiger partial charge in [-0.25, -0.2) is 0 Å². The molecule has 3 nitrogen and oxygen atoms in total. The minimum absolute atomic E-state index is 0.0874. The van der Waals surface area contributed by atoms with Crippen LogP contribution in [0.4, 0.5) is 0 Å². The SMILES string of the molecule is CC(C)CCC(=O)NCc1cccc(C(N)=S)c1. The molecule has 0 fully saturated rings. The molecule has 18 heavy (non-hydrogen) atoms. The Morgan fingerprint density at radius 2 is 2.17 bits per heavy atom. The fraction of sp³-hybridized carbons (Fsp3) is 0.429.